The Morgan fingerprint density at radius 1 is 0.286 bits per heavy atom. The number of para-hydroxylation sites is 1. The van der Waals surface area contributed by atoms with Gasteiger partial charge in [0.05, 0.1) is 0 Å². The highest BCUT2D eigenvalue weighted by Gasteiger charge is 2.23. The average molecular weight is 714 g/mol. The van der Waals surface area contributed by atoms with Gasteiger partial charge in [-0.3, -0.25) is 0 Å². The van der Waals surface area contributed by atoms with Crippen LogP contribution in [-0.2, 0) is 0 Å². The molecule has 0 atom stereocenters. The Bertz CT molecular complexity index is 3090. The second-order valence-electron chi connectivity index (χ2n) is 14.5. The topological polar surface area (TPSA) is 12.5 Å². The molecule has 2 nitrogen and oxygen atoms in total. The Morgan fingerprint density at radius 2 is 0.857 bits per heavy atom. The Kier molecular flexibility index (Phi) is 7.53. The molecule has 0 N–H and O–H groups in total. The van der Waals surface area contributed by atoms with Crippen molar-refractivity contribution in [1.82, 2.24) is 0 Å². The summed E-state index contributed by atoms with van der Waals surface area (Å²) < 4.78 is 6.64. The molecular weight excluding hydrogens is 679 g/mol. The highest BCUT2D eigenvalue weighted by Crippen LogP contribution is 2.50. The molecule has 262 valence electrons. The number of anilines is 3. The average Bonchev–Trinajstić information content (AvgIpc) is 3.42. The molecule has 2 heteroatoms. The molecule has 0 saturated carbocycles. The van der Waals surface area contributed by atoms with E-state index in [0.717, 1.165) is 50.5 Å². The highest BCUT2D eigenvalue weighted by molar-refractivity contribution is 6.14. The van der Waals surface area contributed by atoms with Crippen LogP contribution in [0.4, 0.5) is 17.1 Å². The van der Waals surface area contributed by atoms with Crippen LogP contribution < -0.4 is 9.64 Å². The molecule has 0 saturated heterocycles. The molecule has 56 heavy (non-hydrogen) atoms. The molecule has 0 aliphatic carbocycles. The summed E-state index contributed by atoms with van der Waals surface area (Å²) in [4.78, 5) is 2.36. The van der Waals surface area contributed by atoms with Crippen molar-refractivity contribution in [2.24, 2.45) is 0 Å². The van der Waals surface area contributed by atoms with Gasteiger partial charge in [-0.25, -0.2) is 0 Å². The van der Waals surface area contributed by atoms with Crippen LogP contribution in [0, 0.1) is 0 Å². The predicted octanol–water partition coefficient (Wildman–Crippen LogP) is 15.4. The smallest absolute Gasteiger partial charge is 0.135 e. The minimum atomic E-state index is 0.868. The molecule has 10 aromatic carbocycles. The quantitative estimate of drug-likeness (QED) is 0.165. The van der Waals surface area contributed by atoms with E-state index in [1.807, 2.05) is 6.07 Å². The third-order valence-corrected chi connectivity index (χ3v) is 11.3. The van der Waals surface area contributed by atoms with E-state index in [1.54, 1.807) is 0 Å². The largest absolute Gasteiger partial charge is 0.456 e. The molecular formula is C54H35NO. The summed E-state index contributed by atoms with van der Waals surface area (Å²) in [6.07, 6.45) is 0. The zero-order valence-corrected chi connectivity index (χ0v) is 30.6. The lowest BCUT2D eigenvalue weighted by Gasteiger charge is -2.27. The van der Waals surface area contributed by atoms with Crippen LogP contribution in [-0.4, -0.2) is 0 Å². The lowest BCUT2D eigenvalue weighted by atomic mass is 9.91. The summed E-state index contributed by atoms with van der Waals surface area (Å²) in [7, 11) is 0. The van der Waals surface area contributed by atoms with Gasteiger partial charge in [-0.15, -0.1) is 0 Å². The van der Waals surface area contributed by atoms with Gasteiger partial charge in [0.1, 0.15) is 11.5 Å². The van der Waals surface area contributed by atoms with Crippen molar-refractivity contribution in [3.05, 3.63) is 212 Å². The van der Waals surface area contributed by atoms with Crippen LogP contribution in [0.25, 0.3) is 76.8 Å². The van der Waals surface area contributed by atoms with Crippen molar-refractivity contribution in [3.63, 3.8) is 0 Å². The molecule has 0 spiro atoms. The minimum absolute atomic E-state index is 0.868. The Balaban J connectivity index is 1.05. The fourth-order valence-corrected chi connectivity index (χ4v) is 8.60. The van der Waals surface area contributed by atoms with E-state index >= 15 is 0 Å². The van der Waals surface area contributed by atoms with Crippen molar-refractivity contribution in [2.75, 3.05) is 4.90 Å². The van der Waals surface area contributed by atoms with Gasteiger partial charge in [-0.2, -0.15) is 0 Å². The van der Waals surface area contributed by atoms with Gasteiger partial charge in [0.2, 0.25) is 0 Å². The van der Waals surface area contributed by atoms with E-state index < -0.39 is 0 Å². The lowest BCUT2D eigenvalue weighted by molar-refractivity contribution is 0.488. The van der Waals surface area contributed by atoms with Gasteiger partial charge in [0.15, 0.2) is 0 Å². The van der Waals surface area contributed by atoms with Crippen LogP contribution in [0.1, 0.15) is 0 Å². The van der Waals surface area contributed by atoms with E-state index in [2.05, 4.69) is 211 Å². The van der Waals surface area contributed by atoms with Crippen molar-refractivity contribution in [1.29, 1.82) is 0 Å². The fourth-order valence-electron chi connectivity index (χ4n) is 8.60. The lowest BCUT2D eigenvalue weighted by Crippen LogP contribution is -2.10. The van der Waals surface area contributed by atoms with Gasteiger partial charge in [0.25, 0.3) is 0 Å². The van der Waals surface area contributed by atoms with E-state index in [-0.39, 0.29) is 0 Å². The van der Waals surface area contributed by atoms with Gasteiger partial charge in [0, 0.05) is 28.2 Å². The molecule has 1 aliphatic heterocycles. The zero-order valence-electron chi connectivity index (χ0n) is 30.6. The summed E-state index contributed by atoms with van der Waals surface area (Å²) in [5.41, 5.74) is 12.7. The monoisotopic (exact) mass is 713 g/mol. The number of hydrogen-bond acceptors (Lipinski definition) is 2. The maximum atomic E-state index is 6.64. The van der Waals surface area contributed by atoms with E-state index in [9.17, 15) is 0 Å². The number of ether oxygens (including phenoxy) is 1. The molecule has 11 rings (SSSR count). The van der Waals surface area contributed by atoms with Crippen LogP contribution in [0.15, 0.2) is 212 Å². The van der Waals surface area contributed by atoms with Crippen LogP contribution in [0.5, 0.6) is 11.5 Å². The molecule has 0 bridgehead atoms. The standard InChI is InChI=1S/C54H35NO/c1-2-12-36(13-3-1)37-22-27-41(28-23-37)55(42-29-24-38(25-30-42)51-35-39-14-4-5-15-44(39)46-16-6-7-17-47(46)51)43-31-32-45-40(34-43)26-33-53-54(45)50-20-9-8-18-48(50)49-19-10-11-21-52(49)56-53/h1-35H. The first-order valence-electron chi connectivity index (χ1n) is 19.2. The van der Waals surface area contributed by atoms with Crippen LogP contribution >= 0.6 is 0 Å². The summed E-state index contributed by atoms with van der Waals surface area (Å²) in [6.45, 7) is 0. The van der Waals surface area contributed by atoms with E-state index in [4.69, 9.17) is 4.74 Å². The van der Waals surface area contributed by atoms with E-state index in [1.165, 1.54) is 54.9 Å². The van der Waals surface area contributed by atoms with Crippen molar-refractivity contribution < 1.29 is 4.74 Å². The minimum Gasteiger partial charge on any atom is -0.456 e. The summed E-state index contributed by atoms with van der Waals surface area (Å²) >= 11 is 0. The maximum Gasteiger partial charge on any atom is 0.135 e. The summed E-state index contributed by atoms with van der Waals surface area (Å²) in [5, 5.41) is 7.36. The fraction of sp³-hybridized carbons (Fsp3) is 0. The summed E-state index contributed by atoms with van der Waals surface area (Å²) in [6, 6.07) is 76.4. The van der Waals surface area contributed by atoms with Crippen LogP contribution in [0.2, 0.25) is 0 Å². The Labute approximate surface area is 326 Å². The third kappa shape index (κ3) is 5.34. The first kappa shape index (κ1) is 32.0. The number of fused-ring (bicyclic) bond motifs is 10. The molecule has 0 fully saturated rings. The Morgan fingerprint density at radius 3 is 1.64 bits per heavy atom. The molecule has 0 unspecified atom stereocenters. The van der Waals surface area contributed by atoms with Gasteiger partial charge in [-0.05, 0) is 120 Å². The zero-order chi connectivity index (χ0) is 37.0. The first-order valence-corrected chi connectivity index (χ1v) is 19.2. The molecule has 0 radical (unpaired) electrons. The number of rotatable bonds is 5. The highest BCUT2D eigenvalue weighted by atomic mass is 16.5. The van der Waals surface area contributed by atoms with Gasteiger partial charge in [-0.1, -0.05) is 158 Å². The van der Waals surface area contributed by atoms with E-state index in [0.29, 0.717) is 0 Å². The molecule has 1 heterocycles. The third-order valence-electron chi connectivity index (χ3n) is 11.3. The Hall–Kier alpha value is -7.42. The second kappa shape index (κ2) is 13.2. The number of benzene rings is 10. The molecule has 0 amide bonds. The van der Waals surface area contributed by atoms with Gasteiger partial charge < -0.3 is 9.64 Å². The number of nitrogens with zero attached hydrogens (tertiary/aromatic N) is 1. The second-order valence-corrected chi connectivity index (χ2v) is 14.5. The SMILES string of the molecule is c1ccc(-c2ccc(N(c3ccc(-c4cc5ccccc5c5ccccc45)cc3)c3ccc4c5c(ccc4c3)Oc3ccccc3-c3ccccc3-5)cc2)cc1. The van der Waals surface area contributed by atoms with Gasteiger partial charge >= 0.3 is 0 Å². The molecule has 0 aromatic heterocycles. The predicted molar refractivity (Wildman–Crippen MR) is 235 cm³/mol. The summed E-state index contributed by atoms with van der Waals surface area (Å²) in [5.74, 6) is 1.74. The molecule has 10 aromatic rings. The van der Waals surface area contributed by atoms with Crippen molar-refractivity contribution in [2.45, 2.75) is 0 Å². The normalized spacial score (nSPS) is 11.7. The van der Waals surface area contributed by atoms with Crippen molar-refractivity contribution >= 4 is 49.4 Å². The van der Waals surface area contributed by atoms with Crippen LogP contribution in [0.3, 0.4) is 0 Å². The maximum absolute atomic E-state index is 6.64. The number of hydrogen-bond donors (Lipinski definition) is 0. The van der Waals surface area contributed by atoms with Crippen molar-refractivity contribution in [3.8, 4) is 56.0 Å². The first-order chi connectivity index (χ1) is 27.8. The molecule has 1 aliphatic rings.